The van der Waals surface area contributed by atoms with Crippen LogP contribution in [0.4, 0.5) is 10.1 Å². The van der Waals surface area contributed by atoms with Gasteiger partial charge in [0.15, 0.2) is 11.5 Å². The third kappa shape index (κ3) is 5.26. The number of halogens is 1. The maximum Gasteiger partial charge on any atom is 0.241 e. The second kappa shape index (κ2) is 9.82. The third-order valence-corrected chi connectivity index (χ3v) is 5.58. The quantitative estimate of drug-likeness (QED) is 0.558. The molecule has 0 saturated heterocycles. The van der Waals surface area contributed by atoms with Crippen molar-refractivity contribution in [2.24, 2.45) is 0 Å². The molecule has 0 radical (unpaired) electrons. The zero-order valence-electron chi connectivity index (χ0n) is 18.2. The van der Waals surface area contributed by atoms with E-state index in [2.05, 4.69) is 15.5 Å². The minimum absolute atomic E-state index is 0.0793. The first-order valence-corrected chi connectivity index (χ1v) is 10.7. The van der Waals surface area contributed by atoms with E-state index in [4.69, 9.17) is 9.47 Å². The molecule has 0 saturated carbocycles. The third-order valence-electron chi connectivity index (χ3n) is 5.58. The summed E-state index contributed by atoms with van der Waals surface area (Å²) in [4.78, 5) is 14.7. The van der Waals surface area contributed by atoms with Crippen LogP contribution in [-0.2, 0) is 11.2 Å². The molecule has 1 amide bonds. The Morgan fingerprint density at radius 3 is 2.69 bits per heavy atom. The number of aryl methyl sites for hydroxylation is 1. The van der Waals surface area contributed by atoms with E-state index in [0.717, 1.165) is 36.3 Å². The van der Waals surface area contributed by atoms with Crippen LogP contribution in [0.3, 0.4) is 0 Å². The summed E-state index contributed by atoms with van der Waals surface area (Å²) in [5.41, 5.74) is 3.35. The number of nitrogens with zero attached hydrogens (tertiary/aromatic N) is 2. The number of ether oxygens (including phenoxy) is 2. The van der Waals surface area contributed by atoms with Gasteiger partial charge in [0, 0.05) is 23.0 Å². The molecule has 2 heterocycles. The van der Waals surface area contributed by atoms with Crippen LogP contribution in [0.15, 0.2) is 48.5 Å². The highest BCUT2D eigenvalue weighted by Crippen LogP contribution is 2.32. The molecule has 0 fully saturated rings. The first kappa shape index (κ1) is 21.8. The Bertz CT molecular complexity index is 1070. The predicted octanol–water partition coefficient (Wildman–Crippen LogP) is 3.88. The highest BCUT2D eigenvalue weighted by molar-refractivity contribution is 5.94. The van der Waals surface area contributed by atoms with E-state index in [1.165, 1.54) is 12.1 Å². The number of likely N-dealkylation sites (N-methyl/N-ethyl adjacent to an activating group) is 1. The molecule has 1 aliphatic heterocycles. The highest BCUT2D eigenvalue weighted by Gasteiger charge is 2.19. The van der Waals surface area contributed by atoms with Crippen LogP contribution in [0.2, 0.25) is 0 Å². The van der Waals surface area contributed by atoms with Crippen LogP contribution >= 0.6 is 0 Å². The van der Waals surface area contributed by atoms with Gasteiger partial charge in [-0.1, -0.05) is 0 Å². The molecule has 1 aliphatic rings. The predicted molar refractivity (Wildman–Crippen MR) is 120 cm³/mol. The smallest absolute Gasteiger partial charge is 0.241 e. The number of hydrogen-bond acceptors (Lipinski definition) is 5. The number of fused-ring (bicyclic) bond motifs is 1. The summed E-state index contributed by atoms with van der Waals surface area (Å²) in [6.07, 6.45) is 1.66. The number of anilines is 1. The lowest BCUT2D eigenvalue weighted by Crippen LogP contribution is -2.40. The van der Waals surface area contributed by atoms with Crippen molar-refractivity contribution in [2.45, 2.75) is 25.8 Å². The van der Waals surface area contributed by atoms with Crippen molar-refractivity contribution in [2.75, 3.05) is 32.1 Å². The van der Waals surface area contributed by atoms with Crippen molar-refractivity contribution in [3.8, 4) is 22.8 Å². The number of carbonyl (C=O) groups excluding carboxylic acids is 1. The van der Waals surface area contributed by atoms with E-state index in [-0.39, 0.29) is 17.8 Å². The molecule has 1 aromatic heterocycles. The molecule has 7 nitrogen and oxygen atoms in total. The van der Waals surface area contributed by atoms with E-state index in [9.17, 15) is 9.18 Å². The first-order chi connectivity index (χ1) is 15.5. The van der Waals surface area contributed by atoms with E-state index in [1.54, 1.807) is 18.2 Å². The summed E-state index contributed by atoms with van der Waals surface area (Å²) < 4.78 is 24.2. The summed E-state index contributed by atoms with van der Waals surface area (Å²) >= 11 is 0. The van der Waals surface area contributed by atoms with E-state index in [0.29, 0.717) is 30.4 Å². The number of aromatic nitrogens is 2. The summed E-state index contributed by atoms with van der Waals surface area (Å²) in [6.45, 7) is 3.68. The van der Waals surface area contributed by atoms with Gasteiger partial charge in [-0.3, -0.25) is 14.8 Å². The van der Waals surface area contributed by atoms with Crippen molar-refractivity contribution < 1.29 is 18.7 Å². The molecule has 1 unspecified atom stereocenters. The minimum atomic E-state index is -0.292. The molecule has 32 heavy (non-hydrogen) atoms. The standard InChI is InChI=1S/C24H27FN4O3/c1-16(24(30)26-19-9-10-22-23(15-19)32-13-12-31-22)29(2)11-3-4-20-14-21(28-27-20)17-5-7-18(25)8-6-17/h5-10,14-16H,3-4,11-13H2,1-2H3,(H,26,30)(H,27,28). The summed E-state index contributed by atoms with van der Waals surface area (Å²) in [7, 11) is 1.94. The second-order valence-electron chi connectivity index (χ2n) is 7.89. The number of hydrogen-bond donors (Lipinski definition) is 2. The number of rotatable bonds is 8. The average molecular weight is 439 g/mol. The Hall–Kier alpha value is -3.39. The number of carbonyl (C=O) groups is 1. The molecule has 168 valence electrons. The Morgan fingerprint density at radius 1 is 1.16 bits per heavy atom. The molecule has 0 spiro atoms. The summed E-state index contributed by atoms with van der Waals surface area (Å²) in [5, 5.41) is 10.3. The van der Waals surface area contributed by atoms with Gasteiger partial charge >= 0.3 is 0 Å². The topological polar surface area (TPSA) is 79.5 Å². The van der Waals surface area contributed by atoms with Crippen molar-refractivity contribution >= 4 is 11.6 Å². The Morgan fingerprint density at radius 2 is 1.91 bits per heavy atom. The van der Waals surface area contributed by atoms with E-state index < -0.39 is 0 Å². The monoisotopic (exact) mass is 438 g/mol. The summed E-state index contributed by atoms with van der Waals surface area (Å²) in [6, 6.07) is 13.4. The van der Waals surface area contributed by atoms with E-state index in [1.807, 2.05) is 37.1 Å². The molecule has 3 aromatic rings. The zero-order chi connectivity index (χ0) is 22.5. The average Bonchev–Trinajstić information content (AvgIpc) is 3.27. The maximum atomic E-state index is 13.1. The van der Waals surface area contributed by atoms with Crippen LogP contribution in [0, 0.1) is 5.82 Å². The van der Waals surface area contributed by atoms with Gasteiger partial charge in [-0.2, -0.15) is 5.10 Å². The van der Waals surface area contributed by atoms with Crippen LogP contribution in [0.5, 0.6) is 11.5 Å². The molecule has 2 aromatic carbocycles. The largest absolute Gasteiger partial charge is 0.486 e. The van der Waals surface area contributed by atoms with Crippen molar-refractivity contribution in [3.05, 3.63) is 60.0 Å². The fraction of sp³-hybridized carbons (Fsp3) is 0.333. The van der Waals surface area contributed by atoms with Gasteiger partial charge in [-0.25, -0.2) is 4.39 Å². The van der Waals surface area contributed by atoms with Crippen LogP contribution < -0.4 is 14.8 Å². The van der Waals surface area contributed by atoms with Gasteiger partial charge < -0.3 is 14.8 Å². The van der Waals surface area contributed by atoms with Gasteiger partial charge in [-0.15, -0.1) is 0 Å². The lowest BCUT2D eigenvalue weighted by molar-refractivity contribution is -0.120. The van der Waals surface area contributed by atoms with Gasteiger partial charge in [0.05, 0.1) is 11.7 Å². The number of nitrogens with one attached hydrogen (secondary N) is 2. The Kier molecular flexibility index (Phi) is 6.70. The molecular formula is C24H27FN4O3. The van der Waals surface area contributed by atoms with Gasteiger partial charge in [0.25, 0.3) is 0 Å². The molecular weight excluding hydrogens is 411 g/mol. The first-order valence-electron chi connectivity index (χ1n) is 10.7. The van der Waals surface area contributed by atoms with Crippen LogP contribution in [0.25, 0.3) is 11.3 Å². The maximum absolute atomic E-state index is 13.1. The molecule has 1 atom stereocenters. The van der Waals surface area contributed by atoms with Crippen LogP contribution in [0.1, 0.15) is 19.0 Å². The number of benzene rings is 2. The number of amides is 1. The molecule has 0 bridgehead atoms. The van der Waals surface area contributed by atoms with Gasteiger partial charge in [-0.05, 0) is 75.8 Å². The molecule has 4 rings (SSSR count). The van der Waals surface area contributed by atoms with Crippen molar-refractivity contribution in [1.82, 2.24) is 15.1 Å². The fourth-order valence-corrected chi connectivity index (χ4v) is 3.54. The lowest BCUT2D eigenvalue weighted by atomic mass is 10.1. The Balaban J connectivity index is 1.25. The molecule has 8 heteroatoms. The second-order valence-corrected chi connectivity index (χ2v) is 7.89. The van der Waals surface area contributed by atoms with Crippen molar-refractivity contribution in [1.29, 1.82) is 0 Å². The Labute approximate surface area is 186 Å². The van der Waals surface area contributed by atoms with E-state index >= 15 is 0 Å². The fourth-order valence-electron chi connectivity index (χ4n) is 3.54. The normalized spacial score (nSPS) is 13.8. The van der Waals surface area contributed by atoms with Gasteiger partial charge in [0.2, 0.25) is 5.91 Å². The highest BCUT2D eigenvalue weighted by atomic mass is 19.1. The number of H-pyrrole nitrogens is 1. The molecule has 2 N–H and O–H groups in total. The zero-order valence-corrected chi connectivity index (χ0v) is 18.2. The minimum Gasteiger partial charge on any atom is -0.486 e. The van der Waals surface area contributed by atoms with Gasteiger partial charge in [0.1, 0.15) is 19.0 Å². The molecule has 0 aliphatic carbocycles. The van der Waals surface area contributed by atoms with Crippen LogP contribution in [-0.4, -0.2) is 53.9 Å². The van der Waals surface area contributed by atoms with Crippen molar-refractivity contribution in [3.63, 3.8) is 0 Å². The number of aromatic amines is 1. The summed E-state index contributed by atoms with van der Waals surface area (Å²) in [5.74, 6) is 0.999. The lowest BCUT2D eigenvalue weighted by Gasteiger charge is -2.24. The SMILES string of the molecule is CC(C(=O)Nc1ccc2c(c1)OCCO2)N(C)CCCc1cc(-c2ccc(F)cc2)n[nH]1.